The predicted octanol–water partition coefficient (Wildman–Crippen LogP) is 3.75. The molecule has 2 aliphatic heterocycles. The summed E-state index contributed by atoms with van der Waals surface area (Å²) in [5, 5.41) is 14.6. The fraction of sp³-hybridized carbons (Fsp3) is 0.318. The monoisotopic (exact) mass is 456 g/mol. The van der Waals surface area contributed by atoms with Gasteiger partial charge in [-0.3, -0.25) is 15.0 Å². The van der Waals surface area contributed by atoms with Crippen LogP contribution in [0.2, 0.25) is 0 Å². The first-order chi connectivity index (χ1) is 16.0. The highest BCUT2D eigenvalue weighted by molar-refractivity contribution is 5.90. The van der Waals surface area contributed by atoms with E-state index in [4.69, 9.17) is 13.9 Å². The maximum Gasteiger partial charge on any atom is 0.414 e. The zero-order chi connectivity index (χ0) is 22.9. The van der Waals surface area contributed by atoms with Gasteiger partial charge in [-0.05, 0) is 24.3 Å². The Balaban J connectivity index is 1.23. The molecular weight excluding hydrogens is 435 g/mol. The summed E-state index contributed by atoms with van der Waals surface area (Å²) in [4.78, 5) is 26.1. The number of halogens is 1. The van der Waals surface area contributed by atoms with Crippen molar-refractivity contribution in [2.75, 3.05) is 54.5 Å². The van der Waals surface area contributed by atoms with Gasteiger partial charge in [0.1, 0.15) is 17.5 Å². The molecule has 0 unspecified atom stereocenters. The lowest BCUT2D eigenvalue weighted by molar-refractivity contribution is -0.384. The Kier molecular flexibility index (Phi) is 5.47. The first-order valence-corrected chi connectivity index (χ1v) is 10.5. The fourth-order valence-corrected chi connectivity index (χ4v) is 4.01. The number of nitrogens with zero attached hydrogens (tertiary/aromatic N) is 3. The van der Waals surface area contributed by atoms with Crippen molar-refractivity contribution in [2.24, 2.45) is 0 Å². The molecule has 172 valence electrons. The molecule has 3 aromatic rings. The van der Waals surface area contributed by atoms with Crippen LogP contribution in [-0.4, -0.2) is 56.5 Å². The van der Waals surface area contributed by atoms with Crippen molar-refractivity contribution in [2.45, 2.75) is 6.10 Å². The van der Waals surface area contributed by atoms with Gasteiger partial charge in [-0.1, -0.05) is 0 Å². The molecule has 0 aliphatic carbocycles. The normalized spacial score (nSPS) is 18.6. The number of rotatable bonds is 6. The third-order valence-corrected chi connectivity index (χ3v) is 5.68. The number of anilines is 3. The molecule has 2 aromatic carbocycles. The second-order valence-corrected chi connectivity index (χ2v) is 7.82. The topological polar surface area (TPSA) is 110 Å². The Morgan fingerprint density at radius 2 is 1.97 bits per heavy atom. The standard InChI is InChI=1S/C22H21FN4O6/c23-18-11-15(1-3-19(18)25-5-7-31-8-6-25)26-13-17(32-22(26)28)12-24-21-10-14-9-16(27(29)30)2-4-20(14)33-21/h1-4,9-11,17,24H,5-8,12-13H2/t17-/m0/s1. The van der Waals surface area contributed by atoms with Crippen LogP contribution in [0, 0.1) is 15.9 Å². The van der Waals surface area contributed by atoms with Crippen LogP contribution in [0.25, 0.3) is 11.0 Å². The number of nitro benzene ring substituents is 1. The van der Waals surface area contributed by atoms with Gasteiger partial charge in [0.15, 0.2) is 5.88 Å². The van der Waals surface area contributed by atoms with E-state index in [9.17, 15) is 19.3 Å². The summed E-state index contributed by atoms with van der Waals surface area (Å²) in [6.45, 7) is 2.84. The molecule has 0 saturated carbocycles. The highest BCUT2D eigenvalue weighted by Crippen LogP contribution is 2.30. The minimum atomic E-state index is -0.555. The van der Waals surface area contributed by atoms with E-state index < -0.39 is 22.9 Å². The molecule has 1 atom stereocenters. The van der Waals surface area contributed by atoms with Gasteiger partial charge in [0, 0.05) is 36.7 Å². The predicted molar refractivity (Wildman–Crippen MR) is 118 cm³/mol. The lowest BCUT2D eigenvalue weighted by Gasteiger charge is -2.29. The van der Waals surface area contributed by atoms with E-state index in [0.29, 0.717) is 54.5 Å². The number of hydrogen-bond acceptors (Lipinski definition) is 8. The van der Waals surface area contributed by atoms with Crippen molar-refractivity contribution in [3.8, 4) is 0 Å². The second-order valence-electron chi connectivity index (χ2n) is 7.82. The Hall–Kier alpha value is -3.86. The molecule has 3 heterocycles. The fourth-order valence-electron chi connectivity index (χ4n) is 4.01. The van der Waals surface area contributed by atoms with Gasteiger partial charge in [0.05, 0.1) is 42.6 Å². The maximum atomic E-state index is 14.7. The Morgan fingerprint density at radius 3 is 2.73 bits per heavy atom. The summed E-state index contributed by atoms with van der Waals surface area (Å²) >= 11 is 0. The van der Waals surface area contributed by atoms with E-state index in [2.05, 4.69) is 5.32 Å². The number of nitrogens with one attached hydrogen (secondary N) is 1. The van der Waals surface area contributed by atoms with Gasteiger partial charge in [0.25, 0.3) is 5.69 Å². The Morgan fingerprint density at radius 1 is 1.15 bits per heavy atom. The van der Waals surface area contributed by atoms with Crippen molar-refractivity contribution in [3.63, 3.8) is 0 Å². The molecule has 0 spiro atoms. The van der Waals surface area contributed by atoms with Crippen LogP contribution in [-0.2, 0) is 9.47 Å². The van der Waals surface area contributed by atoms with E-state index >= 15 is 0 Å². The molecular formula is C22H21FN4O6. The number of furan rings is 1. The molecule has 0 bridgehead atoms. The molecule has 1 amide bonds. The van der Waals surface area contributed by atoms with Crippen LogP contribution in [0.15, 0.2) is 46.9 Å². The molecule has 1 aromatic heterocycles. The van der Waals surface area contributed by atoms with Gasteiger partial charge in [-0.15, -0.1) is 0 Å². The first kappa shape index (κ1) is 21.0. The minimum absolute atomic E-state index is 0.0258. The van der Waals surface area contributed by atoms with Crippen molar-refractivity contribution >= 4 is 40.0 Å². The van der Waals surface area contributed by atoms with Crippen LogP contribution in [0.4, 0.5) is 32.1 Å². The van der Waals surface area contributed by atoms with Crippen LogP contribution < -0.4 is 15.1 Å². The van der Waals surface area contributed by atoms with Crippen LogP contribution in [0.1, 0.15) is 0 Å². The van der Waals surface area contributed by atoms with Crippen molar-refractivity contribution in [1.82, 2.24) is 0 Å². The van der Waals surface area contributed by atoms with Gasteiger partial charge < -0.3 is 24.1 Å². The molecule has 5 rings (SSSR count). The van der Waals surface area contributed by atoms with Gasteiger partial charge in [-0.2, -0.15) is 0 Å². The molecule has 33 heavy (non-hydrogen) atoms. The van der Waals surface area contributed by atoms with Gasteiger partial charge >= 0.3 is 6.09 Å². The number of cyclic esters (lactones) is 1. The number of carbonyl (C=O) groups excluding carboxylic acids is 1. The average Bonchev–Trinajstić information content (AvgIpc) is 3.40. The number of ether oxygens (including phenoxy) is 2. The summed E-state index contributed by atoms with van der Waals surface area (Å²) in [5.41, 5.74) is 1.39. The second kappa shape index (κ2) is 8.58. The van der Waals surface area contributed by atoms with Crippen LogP contribution in [0.5, 0.6) is 0 Å². The lowest BCUT2D eigenvalue weighted by Crippen LogP contribution is -2.36. The summed E-state index contributed by atoms with van der Waals surface area (Å²) in [5.74, 6) is 0.000972. The number of carbonyl (C=O) groups is 1. The van der Waals surface area contributed by atoms with E-state index in [0.717, 1.165) is 0 Å². The van der Waals surface area contributed by atoms with Crippen molar-refractivity contribution in [3.05, 3.63) is 58.4 Å². The number of benzene rings is 2. The number of hydrogen-bond donors (Lipinski definition) is 1. The quantitative estimate of drug-likeness (QED) is 0.441. The molecule has 2 aliphatic rings. The number of nitro groups is 1. The summed E-state index contributed by atoms with van der Waals surface area (Å²) in [7, 11) is 0. The molecule has 2 fully saturated rings. The summed E-state index contributed by atoms with van der Waals surface area (Å²) in [6.07, 6.45) is -1.04. The Labute approximate surface area is 187 Å². The summed E-state index contributed by atoms with van der Waals surface area (Å²) in [6, 6.07) is 10.7. The zero-order valence-corrected chi connectivity index (χ0v) is 17.5. The number of fused-ring (bicyclic) bond motifs is 1. The largest absolute Gasteiger partial charge is 0.442 e. The minimum Gasteiger partial charge on any atom is -0.442 e. The molecule has 10 nitrogen and oxygen atoms in total. The van der Waals surface area contributed by atoms with Crippen molar-refractivity contribution in [1.29, 1.82) is 0 Å². The van der Waals surface area contributed by atoms with Gasteiger partial charge in [-0.25, -0.2) is 9.18 Å². The molecule has 2 saturated heterocycles. The van der Waals surface area contributed by atoms with E-state index in [1.807, 2.05) is 4.90 Å². The Bertz CT molecular complexity index is 1210. The third-order valence-electron chi connectivity index (χ3n) is 5.68. The third kappa shape index (κ3) is 4.27. The smallest absolute Gasteiger partial charge is 0.414 e. The summed E-state index contributed by atoms with van der Waals surface area (Å²) < 4.78 is 31.1. The number of morpholine rings is 1. The van der Waals surface area contributed by atoms with E-state index in [1.165, 1.54) is 29.2 Å². The highest BCUT2D eigenvalue weighted by Gasteiger charge is 2.33. The van der Waals surface area contributed by atoms with Gasteiger partial charge in [0.2, 0.25) is 0 Å². The lowest BCUT2D eigenvalue weighted by atomic mass is 10.2. The number of non-ortho nitro benzene ring substituents is 1. The first-order valence-electron chi connectivity index (χ1n) is 10.5. The van der Waals surface area contributed by atoms with Crippen LogP contribution >= 0.6 is 0 Å². The van der Waals surface area contributed by atoms with E-state index in [1.54, 1.807) is 18.2 Å². The average molecular weight is 456 g/mol. The maximum absolute atomic E-state index is 14.7. The highest BCUT2D eigenvalue weighted by atomic mass is 19.1. The SMILES string of the molecule is O=C1O[C@@H](CNc2cc3cc([N+](=O)[O-])ccc3o2)CN1c1ccc(N2CCOCC2)c(F)c1. The van der Waals surface area contributed by atoms with Crippen molar-refractivity contribution < 1.29 is 28.0 Å². The number of amides is 1. The molecule has 11 heteroatoms. The molecule has 1 N–H and O–H groups in total. The van der Waals surface area contributed by atoms with Crippen LogP contribution in [0.3, 0.4) is 0 Å². The zero-order valence-electron chi connectivity index (χ0n) is 17.5. The molecule has 0 radical (unpaired) electrons. The van der Waals surface area contributed by atoms with E-state index in [-0.39, 0.29) is 18.8 Å².